The van der Waals surface area contributed by atoms with Crippen molar-refractivity contribution < 1.29 is 23.4 Å². The van der Waals surface area contributed by atoms with Gasteiger partial charge in [0.2, 0.25) is 0 Å². The number of benzene rings is 1. The SMILES string of the molecule is Cn1ncc(-c2cc(O)c(O)cc2C(F)(F)F)c1N. The highest BCUT2D eigenvalue weighted by Crippen LogP contribution is 2.43. The molecule has 102 valence electrons. The van der Waals surface area contributed by atoms with Crippen molar-refractivity contribution in [1.29, 1.82) is 0 Å². The molecular formula is C11H10F3N3O2. The second-order valence-corrected chi connectivity index (χ2v) is 3.95. The number of aryl methyl sites for hydroxylation is 1. The maximum absolute atomic E-state index is 12.9. The summed E-state index contributed by atoms with van der Waals surface area (Å²) in [6.07, 6.45) is -3.53. The van der Waals surface area contributed by atoms with Gasteiger partial charge in [0.15, 0.2) is 11.5 Å². The van der Waals surface area contributed by atoms with E-state index in [0.717, 1.165) is 12.3 Å². The summed E-state index contributed by atoms with van der Waals surface area (Å²) >= 11 is 0. The Labute approximate surface area is 105 Å². The Hall–Kier alpha value is -2.38. The molecule has 1 aromatic carbocycles. The van der Waals surface area contributed by atoms with Crippen LogP contribution in [0.5, 0.6) is 11.5 Å². The van der Waals surface area contributed by atoms with Crippen molar-refractivity contribution in [2.75, 3.05) is 5.73 Å². The van der Waals surface area contributed by atoms with Gasteiger partial charge in [-0.1, -0.05) is 0 Å². The summed E-state index contributed by atoms with van der Waals surface area (Å²) in [5, 5.41) is 22.3. The highest BCUT2D eigenvalue weighted by molar-refractivity contribution is 5.78. The Morgan fingerprint density at radius 1 is 1.16 bits per heavy atom. The third kappa shape index (κ3) is 2.16. The van der Waals surface area contributed by atoms with E-state index in [4.69, 9.17) is 5.73 Å². The molecule has 4 N–H and O–H groups in total. The Balaban J connectivity index is 2.75. The Morgan fingerprint density at radius 2 is 1.74 bits per heavy atom. The molecule has 1 heterocycles. The standard InChI is InChI=1S/C11H10F3N3O2/c1-17-10(15)6(4-16-17)5-2-8(18)9(19)3-7(5)11(12,13)14/h2-4,18-19H,15H2,1H3. The molecule has 0 radical (unpaired) electrons. The smallest absolute Gasteiger partial charge is 0.417 e. The lowest BCUT2D eigenvalue weighted by Crippen LogP contribution is -2.08. The van der Waals surface area contributed by atoms with Crippen LogP contribution in [0, 0.1) is 0 Å². The predicted octanol–water partition coefficient (Wildman–Crippen LogP) is 2.10. The van der Waals surface area contributed by atoms with Gasteiger partial charge in [0, 0.05) is 18.2 Å². The molecule has 0 aliphatic heterocycles. The first-order chi connectivity index (χ1) is 8.71. The van der Waals surface area contributed by atoms with E-state index >= 15 is 0 Å². The fourth-order valence-corrected chi connectivity index (χ4v) is 1.69. The van der Waals surface area contributed by atoms with Crippen LogP contribution in [0.4, 0.5) is 19.0 Å². The number of nitrogens with zero attached hydrogens (tertiary/aromatic N) is 2. The van der Waals surface area contributed by atoms with Crippen molar-refractivity contribution in [2.45, 2.75) is 6.18 Å². The summed E-state index contributed by atoms with van der Waals surface area (Å²) in [5.74, 6) is -1.49. The molecular weight excluding hydrogens is 263 g/mol. The van der Waals surface area contributed by atoms with E-state index < -0.39 is 23.2 Å². The Morgan fingerprint density at radius 3 is 2.21 bits per heavy atom. The van der Waals surface area contributed by atoms with Gasteiger partial charge in [-0.05, 0) is 12.1 Å². The first-order valence-electron chi connectivity index (χ1n) is 5.13. The molecule has 1 aromatic heterocycles. The number of aromatic nitrogens is 2. The fraction of sp³-hybridized carbons (Fsp3) is 0.182. The van der Waals surface area contributed by atoms with Gasteiger partial charge in [0.05, 0.1) is 11.8 Å². The van der Waals surface area contributed by atoms with Crippen LogP contribution in [0.25, 0.3) is 11.1 Å². The number of phenols is 2. The predicted molar refractivity (Wildman–Crippen MR) is 61.4 cm³/mol. The Bertz CT molecular complexity index is 635. The van der Waals surface area contributed by atoms with Crippen LogP contribution in [-0.4, -0.2) is 20.0 Å². The van der Waals surface area contributed by atoms with E-state index in [9.17, 15) is 23.4 Å². The average molecular weight is 273 g/mol. The van der Waals surface area contributed by atoms with E-state index in [1.165, 1.54) is 11.7 Å². The van der Waals surface area contributed by atoms with Gasteiger partial charge in [-0.3, -0.25) is 4.68 Å². The van der Waals surface area contributed by atoms with Gasteiger partial charge < -0.3 is 15.9 Å². The van der Waals surface area contributed by atoms with E-state index in [2.05, 4.69) is 5.10 Å². The molecule has 0 atom stereocenters. The van der Waals surface area contributed by atoms with Crippen molar-refractivity contribution in [2.24, 2.45) is 7.05 Å². The number of alkyl halides is 3. The summed E-state index contributed by atoms with van der Waals surface area (Å²) in [5.41, 5.74) is 4.22. The Kier molecular flexibility index (Phi) is 2.80. The number of anilines is 1. The molecule has 0 saturated carbocycles. The van der Waals surface area contributed by atoms with Gasteiger partial charge in [-0.25, -0.2) is 0 Å². The molecule has 0 amide bonds. The van der Waals surface area contributed by atoms with Crippen molar-refractivity contribution in [3.05, 3.63) is 23.9 Å². The van der Waals surface area contributed by atoms with Gasteiger partial charge in [-0.15, -0.1) is 0 Å². The topological polar surface area (TPSA) is 84.3 Å². The highest BCUT2D eigenvalue weighted by Gasteiger charge is 2.35. The third-order valence-corrected chi connectivity index (χ3v) is 2.69. The lowest BCUT2D eigenvalue weighted by atomic mass is 10.0. The van der Waals surface area contributed by atoms with Crippen molar-refractivity contribution in [3.8, 4) is 22.6 Å². The highest BCUT2D eigenvalue weighted by atomic mass is 19.4. The zero-order valence-electron chi connectivity index (χ0n) is 9.73. The molecule has 5 nitrogen and oxygen atoms in total. The maximum atomic E-state index is 12.9. The number of nitrogens with two attached hydrogens (primary N) is 1. The summed E-state index contributed by atoms with van der Waals surface area (Å²) in [6, 6.07) is 1.27. The average Bonchev–Trinajstić information content (AvgIpc) is 2.62. The second-order valence-electron chi connectivity index (χ2n) is 3.95. The first kappa shape index (κ1) is 13.1. The third-order valence-electron chi connectivity index (χ3n) is 2.69. The normalized spacial score (nSPS) is 11.8. The number of hydrogen-bond acceptors (Lipinski definition) is 4. The van der Waals surface area contributed by atoms with Gasteiger partial charge in [0.25, 0.3) is 0 Å². The van der Waals surface area contributed by atoms with E-state index in [1.54, 1.807) is 0 Å². The monoisotopic (exact) mass is 273 g/mol. The molecule has 8 heteroatoms. The molecule has 19 heavy (non-hydrogen) atoms. The minimum Gasteiger partial charge on any atom is -0.504 e. The molecule has 0 saturated heterocycles. The molecule has 2 rings (SSSR count). The van der Waals surface area contributed by atoms with E-state index in [0.29, 0.717) is 6.07 Å². The molecule has 0 unspecified atom stereocenters. The molecule has 0 fully saturated rings. The van der Waals surface area contributed by atoms with Crippen LogP contribution in [0.2, 0.25) is 0 Å². The van der Waals surface area contributed by atoms with Gasteiger partial charge in [-0.2, -0.15) is 18.3 Å². The van der Waals surface area contributed by atoms with Crippen LogP contribution < -0.4 is 5.73 Å². The summed E-state index contributed by atoms with van der Waals surface area (Å²) in [7, 11) is 1.48. The zero-order chi connectivity index (χ0) is 14.4. The van der Waals surface area contributed by atoms with Gasteiger partial charge >= 0.3 is 6.18 Å². The number of hydrogen-bond donors (Lipinski definition) is 3. The largest absolute Gasteiger partial charge is 0.504 e. The second kappa shape index (κ2) is 4.08. The quantitative estimate of drug-likeness (QED) is 0.695. The zero-order valence-corrected chi connectivity index (χ0v) is 9.73. The molecule has 2 aromatic rings. The van der Waals surface area contributed by atoms with Crippen LogP contribution in [0.1, 0.15) is 5.56 Å². The summed E-state index contributed by atoms with van der Waals surface area (Å²) in [6.45, 7) is 0. The van der Waals surface area contributed by atoms with E-state index in [1.807, 2.05) is 0 Å². The lowest BCUT2D eigenvalue weighted by Gasteiger charge is -2.13. The minimum absolute atomic E-state index is 0.0237. The first-order valence-corrected chi connectivity index (χ1v) is 5.13. The number of halogens is 3. The van der Waals surface area contributed by atoms with Crippen LogP contribution in [0.15, 0.2) is 18.3 Å². The lowest BCUT2D eigenvalue weighted by molar-refractivity contribution is -0.137. The maximum Gasteiger partial charge on any atom is 0.417 e. The summed E-state index contributed by atoms with van der Waals surface area (Å²) in [4.78, 5) is 0. The molecule has 0 aliphatic rings. The minimum atomic E-state index is -4.69. The number of nitrogen functional groups attached to an aromatic ring is 1. The molecule has 0 aliphatic carbocycles. The van der Waals surface area contributed by atoms with Crippen LogP contribution in [-0.2, 0) is 13.2 Å². The number of rotatable bonds is 1. The number of phenolic OH excluding ortho intramolecular Hbond substituents is 2. The molecule has 0 bridgehead atoms. The fourth-order valence-electron chi connectivity index (χ4n) is 1.69. The van der Waals surface area contributed by atoms with E-state index in [-0.39, 0.29) is 16.9 Å². The number of aromatic hydroxyl groups is 2. The van der Waals surface area contributed by atoms with Gasteiger partial charge in [0.1, 0.15) is 5.82 Å². The molecule has 0 spiro atoms. The van der Waals surface area contributed by atoms with Crippen LogP contribution in [0.3, 0.4) is 0 Å². The van der Waals surface area contributed by atoms with Crippen LogP contribution >= 0.6 is 0 Å². The summed E-state index contributed by atoms with van der Waals surface area (Å²) < 4.78 is 40.0. The van der Waals surface area contributed by atoms with Crippen molar-refractivity contribution in [1.82, 2.24) is 9.78 Å². The van der Waals surface area contributed by atoms with Crippen molar-refractivity contribution >= 4 is 5.82 Å². The van der Waals surface area contributed by atoms with Crippen molar-refractivity contribution in [3.63, 3.8) is 0 Å².